The van der Waals surface area contributed by atoms with Crippen molar-refractivity contribution in [2.24, 2.45) is 5.41 Å². The summed E-state index contributed by atoms with van der Waals surface area (Å²) >= 11 is 3.22. The van der Waals surface area contributed by atoms with E-state index in [-0.39, 0.29) is 11.3 Å². The first kappa shape index (κ1) is 13.2. The molecule has 0 saturated heterocycles. The van der Waals surface area contributed by atoms with E-state index in [2.05, 4.69) is 21.2 Å². The van der Waals surface area contributed by atoms with Crippen LogP contribution in [0.4, 0.5) is 4.39 Å². The van der Waals surface area contributed by atoms with Gasteiger partial charge in [0.2, 0.25) is 0 Å². The zero-order valence-corrected chi connectivity index (χ0v) is 11.2. The van der Waals surface area contributed by atoms with Crippen LogP contribution in [0.25, 0.3) is 0 Å². The highest BCUT2D eigenvalue weighted by Crippen LogP contribution is 2.18. The van der Waals surface area contributed by atoms with Crippen molar-refractivity contribution >= 4 is 21.8 Å². The fourth-order valence-corrected chi connectivity index (χ4v) is 1.54. The maximum Gasteiger partial charge on any atom is 0.252 e. The Balaban J connectivity index is 2.77. The lowest BCUT2D eigenvalue weighted by atomic mass is 9.97. The molecule has 88 valence electrons. The van der Waals surface area contributed by atoms with Gasteiger partial charge in [-0.05, 0) is 39.5 Å². The van der Waals surface area contributed by atoms with Gasteiger partial charge < -0.3 is 5.32 Å². The third kappa shape index (κ3) is 3.93. The molecule has 16 heavy (non-hydrogen) atoms. The number of carbonyl (C=O) groups excluding carboxylic acids is 1. The van der Waals surface area contributed by atoms with Crippen molar-refractivity contribution < 1.29 is 9.18 Å². The van der Waals surface area contributed by atoms with Gasteiger partial charge in [-0.2, -0.15) is 0 Å². The summed E-state index contributed by atoms with van der Waals surface area (Å²) in [6.45, 7) is 6.62. The van der Waals surface area contributed by atoms with Crippen LogP contribution in [0.3, 0.4) is 0 Å². The summed E-state index contributed by atoms with van der Waals surface area (Å²) in [6.07, 6.45) is 0. The number of nitrogens with one attached hydrogen (secondary N) is 1. The van der Waals surface area contributed by atoms with Gasteiger partial charge in [-0.25, -0.2) is 4.39 Å². The largest absolute Gasteiger partial charge is 0.351 e. The molecule has 0 aliphatic rings. The number of hydrogen-bond donors (Lipinski definition) is 1. The lowest BCUT2D eigenvalue weighted by Crippen LogP contribution is -2.32. The predicted molar refractivity (Wildman–Crippen MR) is 65.9 cm³/mol. The molecule has 0 heterocycles. The minimum absolute atomic E-state index is 0.00939. The Morgan fingerprint density at radius 2 is 2.06 bits per heavy atom. The second-order valence-electron chi connectivity index (χ2n) is 4.87. The van der Waals surface area contributed by atoms with Crippen molar-refractivity contribution in [1.82, 2.24) is 5.32 Å². The van der Waals surface area contributed by atoms with Gasteiger partial charge >= 0.3 is 0 Å². The van der Waals surface area contributed by atoms with Gasteiger partial charge in [0.05, 0.1) is 5.56 Å². The van der Waals surface area contributed by atoms with Gasteiger partial charge in [0, 0.05) is 11.0 Å². The SMILES string of the molecule is CC(C)(C)CNC(=O)c1cc(F)ccc1Br. The van der Waals surface area contributed by atoms with Crippen LogP contribution < -0.4 is 5.32 Å². The molecule has 0 radical (unpaired) electrons. The summed E-state index contributed by atoms with van der Waals surface area (Å²) in [6, 6.07) is 4.06. The number of hydrogen-bond acceptors (Lipinski definition) is 1. The zero-order valence-electron chi connectivity index (χ0n) is 9.60. The van der Waals surface area contributed by atoms with E-state index in [0.29, 0.717) is 16.6 Å². The maximum atomic E-state index is 13.0. The van der Waals surface area contributed by atoms with E-state index in [9.17, 15) is 9.18 Å². The Hall–Kier alpha value is -0.900. The summed E-state index contributed by atoms with van der Waals surface area (Å²) in [5.41, 5.74) is 0.333. The van der Waals surface area contributed by atoms with Crippen molar-refractivity contribution in [2.45, 2.75) is 20.8 Å². The van der Waals surface area contributed by atoms with Crippen LogP contribution in [0.1, 0.15) is 31.1 Å². The van der Waals surface area contributed by atoms with E-state index in [1.807, 2.05) is 20.8 Å². The van der Waals surface area contributed by atoms with Gasteiger partial charge in [-0.3, -0.25) is 4.79 Å². The first-order valence-corrected chi connectivity index (χ1v) is 5.82. The number of amides is 1. The molecule has 0 aliphatic carbocycles. The van der Waals surface area contributed by atoms with Gasteiger partial charge in [0.15, 0.2) is 0 Å². The van der Waals surface area contributed by atoms with Crippen LogP contribution >= 0.6 is 15.9 Å². The first-order chi connectivity index (χ1) is 7.29. The van der Waals surface area contributed by atoms with Crippen LogP contribution in [-0.2, 0) is 0 Å². The molecule has 4 heteroatoms. The molecule has 1 aromatic carbocycles. The Bertz CT molecular complexity index is 398. The summed E-state index contributed by atoms with van der Waals surface area (Å²) in [4.78, 5) is 11.8. The highest BCUT2D eigenvalue weighted by Gasteiger charge is 2.15. The molecule has 0 atom stereocenters. The minimum atomic E-state index is -0.413. The molecule has 0 spiro atoms. The number of benzene rings is 1. The normalized spacial score (nSPS) is 11.3. The molecule has 0 aromatic heterocycles. The number of carbonyl (C=O) groups is 1. The molecule has 1 amide bonds. The van der Waals surface area contributed by atoms with E-state index < -0.39 is 5.82 Å². The summed E-state index contributed by atoms with van der Waals surface area (Å²) in [5, 5.41) is 2.77. The second-order valence-corrected chi connectivity index (χ2v) is 5.72. The number of rotatable bonds is 2. The quantitative estimate of drug-likeness (QED) is 0.888. The van der Waals surface area contributed by atoms with E-state index in [1.165, 1.54) is 18.2 Å². The van der Waals surface area contributed by atoms with Crippen LogP contribution in [0.2, 0.25) is 0 Å². The average molecular weight is 288 g/mol. The monoisotopic (exact) mass is 287 g/mol. The summed E-state index contributed by atoms with van der Waals surface area (Å²) in [7, 11) is 0. The van der Waals surface area contributed by atoms with Crippen molar-refractivity contribution in [2.75, 3.05) is 6.54 Å². The fraction of sp³-hybridized carbons (Fsp3) is 0.417. The third-order valence-electron chi connectivity index (χ3n) is 1.95. The Kier molecular flexibility index (Phi) is 4.08. The van der Waals surface area contributed by atoms with Crippen LogP contribution in [0.5, 0.6) is 0 Å². The summed E-state index contributed by atoms with van der Waals surface area (Å²) in [5.74, 6) is -0.676. The van der Waals surface area contributed by atoms with Crippen LogP contribution in [-0.4, -0.2) is 12.5 Å². The molecular weight excluding hydrogens is 273 g/mol. The standard InChI is InChI=1S/C12H15BrFNO/c1-12(2,3)7-15-11(16)9-6-8(14)4-5-10(9)13/h4-6H,7H2,1-3H3,(H,15,16). The van der Waals surface area contributed by atoms with Gasteiger partial charge in [-0.1, -0.05) is 20.8 Å². The number of halogens is 2. The Morgan fingerprint density at radius 1 is 1.44 bits per heavy atom. The highest BCUT2D eigenvalue weighted by molar-refractivity contribution is 9.10. The Labute approximate surface area is 103 Å². The van der Waals surface area contributed by atoms with Gasteiger partial charge in [0.1, 0.15) is 5.82 Å². The highest BCUT2D eigenvalue weighted by atomic mass is 79.9. The van der Waals surface area contributed by atoms with Gasteiger partial charge in [0.25, 0.3) is 5.91 Å². The van der Waals surface area contributed by atoms with Crippen LogP contribution in [0, 0.1) is 11.2 Å². The smallest absolute Gasteiger partial charge is 0.252 e. The van der Waals surface area contributed by atoms with E-state index in [0.717, 1.165) is 0 Å². The van der Waals surface area contributed by atoms with E-state index in [1.54, 1.807) is 0 Å². The fourth-order valence-electron chi connectivity index (χ4n) is 1.11. The molecule has 0 fully saturated rings. The van der Waals surface area contributed by atoms with E-state index >= 15 is 0 Å². The molecular formula is C12H15BrFNO. The Morgan fingerprint density at radius 3 is 2.62 bits per heavy atom. The molecule has 1 aromatic rings. The molecule has 0 unspecified atom stereocenters. The van der Waals surface area contributed by atoms with Crippen molar-refractivity contribution in [1.29, 1.82) is 0 Å². The molecule has 1 N–H and O–H groups in total. The molecule has 0 bridgehead atoms. The minimum Gasteiger partial charge on any atom is -0.351 e. The third-order valence-corrected chi connectivity index (χ3v) is 2.64. The zero-order chi connectivity index (χ0) is 12.3. The van der Waals surface area contributed by atoms with Crippen molar-refractivity contribution in [3.05, 3.63) is 34.1 Å². The lowest BCUT2D eigenvalue weighted by molar-refractivity contribution is 0.0938. The molecule has 1 rings (SSSR count). The van der Waals surface area contributed by atoms with Gasteiger partial charge in [-0.15, -0.1) is 0 Å². The molecule has 2 nitrogen and oxygen atoms in total. The van der Waals surface area contributed by atoms with Crippen molar-refractivity contribution in [3.8, 4) is 0 Å². The van der Waals surface area contributed by atoms with Crippen molar-refractivity contribution in [3.63, 3.8) is 0 Å². The maximum absolute atomic E-state index is 13.0. The topological polar surface area (TPSA) is 29.1 Å². The summed E-state index contributed by atoms with van der Waals surface area (Å²) < 4.78 is 13.6. The molecule has 0 aliphatic heterocycles. The lowest BCUT2D eigenvalue weighted by Gasteiger charge is -2.18. The van der Waals surface area contributed by atoms with E-state index in [4.69, 9.17) is 0 Å². The van der Waals surface area contributed by atoms with Crippen LogP contribution in [0.15, 0.2) is 22.7 Å². The second kappa shape index (κ2) is 4.95. The first-order valence-electron chi connectivity index (χ1n) is 5.03. The predicted octanol–water partition coefficient (Wildman–Crippen LogP) is 3.36. The molecule has 0 saturated carbocycles. The average Bonchev–Trinajstić information content (AvgIpc) is 2.17.